The first-order valence-electron chi connectivity index (χ1n) is 9.26. The fourth-order valence-corrected chi connectivity index (χ4v) is 4.90. The number of hydrogen-bond acceptors (Lipinski definition) is 6. The van der Waals surface area contributed by atoms with E-state index in [1.807, 2.05) is 24.3 Å². The second kappa shape index (κ2) is 7.20. The molecule has 1 saturated heterocycles. The summed E-state index contributed by atoms with van der Waals surface area (Å²) >= 11 is 7.84. The zero-order valence-corrected chi connectivity index (χ0v) is 16.9. The highest BCUT2D eigenvalue weighted by Gasteiger charge is 2.24. The van der Waals surface area contributed by atoms with Gasteiger partial charge >= 0.3 is 5.76 Å². The van der Waals surface area contributed by atoms with E-state index >= 15 is 0 Å². The molecule has 0 bridgehead atoms. The molecule has 0 radical (unpaired) electrons. The van der Waals surface area contributed by atoms with Crippen LogP contribution in [0.3, 0.4) is 0 Å². The van der Waals surface area contributed by atoms with Crippen LogP contribution >= 0.6 is 22.9 Å². The minimum atomic E-state index is -0.510. The molecule has 2 aromatic heterocycles. The molecule has 0 saturated carbocycles. The number of hydrogen-bond donors (Lipinski definition) is 0. The normalized spacial score (nSPS) is 14.8. The van der Waals surface area contributed by atoms with E-state index in [1.165, 1.54) is 4.57 Å². The SMILES string of the molecule is O=C(Cn1c(=O)oc2ccccc21)N1CCN(c2nc3c(Cl)cccc3s2)CC1. The Morgan fingerprint density at radius 3 is 2.69 bits per heavy atom. The topological polar surface area (TPSA) is 71.6 Å². The molecular weight excluding hydrogens is 412 g/mol. The van der Waals surface area contributed by atoms with Crippen LogP contribution in [0.4, 0.5) is 5.13 Å². The maximum atomic E-state index is 12.8. The molecule has 4 aromatic rings. The highest BCUT2D eigenvalue weighted by molar-refractivity contribution is 7.22. The van der Waals surface area contributed by atoms with E-state index in [1.54, 1.807) is 34.4 Å². The molecule has 3 heterocycles. The van der Waals surface area contributed by atoms with E-state index in [9.17, 15) is 9.59 Å². The Hall–Kier alpha value is -2.84. The van der Waals surface area contributed by atoms with Crippen LogP contribution in [0.1, 0.15) is 0 Å². The molecule has 0 aliphatic carbocycles. The summed E-state index contributed by atoms with van der Waals surface area (Å²) in [6, 6.07) is 12.9. The number of thiazole rings is 1. The number of rotatable bonds is 3. The molecule has 2 aromatic carbocycles. The number of amides is 1. The molecule has 1 aliphatic rings. The largest absolute Gasteiger partial charge is 0.420 e. The van der Waals surface area contributed by atoms with Crippen LogP contribution in [0.5, 0.6) is 0 Å². The predicted octanol–water partition coefficient (Wildman–Crippen LogP) is 3.21. The summed E-state index contributed by atoms with van der Waals surface area (Å²) in [7, 11) is 0. The second-order valence-corrected chi connectivity index (χ2v) is 8.29. The molecule has 9 heteroatoms. The lowest BCUT2D eigenvalue weighted by molar-refractivity contribution is -0.132. The number of benzene rings is 2. The van der Waals surface area contributed by atoms with Crippen LogP contribution in [-0.4, -0.2) is 46.5 Å². The van der Waals surface area contributed by atoms with Gasteiger partial charge < -0.3 is 14.2 Å². The van der Waals surface area contributed by atoms with Crippen LogP contribution in [0.2, 0.25) is 5.02 Å². The summed E-state index contributed by atoms with van der Waals surface area (Å²) in [5, 5.41) is 1.56. The highest BCUT2D eigenvalue weighted by atomic mass is 35.5. The van der Waals surface area contributed by atoms with Gasteiger partial charge in [0.05, 0.1) is 15.2 Å². The van der Waals surface area contributed by atoms with Crippen LogP contribution in [0, 0.1) is 0 Å². The zero-order chi connectivity index (χ0) is 20.0. The molecule has 29 heavy (non-hydrogen) atoms. The summed E-state index contributed by atoms with van der Waals surface area (Å²) in [5.41, 5.74) is 1.94. The van der Waals surface area contributed by atoms with Crippen LogP contribution in [0.25, 0.3) is 21.3 Å². The average Bonchev–Trinajstić information content (AvgIpc) is 3.31. The first kappa shape index (κ1) is 18.2. The molecule has 0 spiro atoms. The van der Waals surface area contributed by atoms with Crippen LogP contribution < -0.4 is 10.7 Å². The maximum Gasteiger partial charge on any atom is 0.420 e. The highest BCUT2D eigenvalue weighted by Crippen LogP contribution is 2.33. The van der Waals surface area contributed by atoms with Crippen molar-refractivity contribution in [2.45, 2.75) is 6.54 Å². The number of oxazole rings is 1. The van der Waals surface area contributed by atoms with Gasteiger partial charge in [-0.2, -0.15) is 0 Å². The molecule has 5 rings (SSSR count). The van der Waals surface area contributed by atoms with Gasteiger partial charge in [-0.15, -0.1) is 0 Å². The average molecular weight is 429 g/mol. The fraction of sp³-hybridized carbons (Fsp3) is 0.250. The predicted molar refractivity (Wildman–Crippen MR) is 114 cm³/mol. The summed E-state index contributed by atoms with van der Waals surface area (Å²) in [5.74, 6) is -0.602. The molecular formula is C20H17ClN4O3S. The number of para-hydroxylation sites is 3. The number of piperazine rings is 1. The van der Waals surface area contributed by atoms with Crippen molar-refractivity contribution in [2.24, 2.45) is 0 Å². The summed E-state index contributed by atoms with van der Waals surface area (Å²) < 4.78 is 7.65. The monoisotopic (exact) mass is 428 g/mol. The smallest absolute Gasteiger partial charge is 0.408 e. The van der Waals surface area contributed by atoms with Gasteiger partial charge in [0, 0.05) is 26.2 Å². The van der Waals surface area contributed by atoms with Crippen molar-refractivity contribution in [3.8, 4) is 0 Å². The van der Waals surface area contributed by atoms with E-state index in [0.29, 0.717) is 42.3 Å². The molecule has 7 nitrogen and oxygen atoms in total. The number of carbonyl (C=O) groups is 1. The summed E-state index contributed by atoms with van der Waals surface area (Å²) in [6.45, 7) is 2.50. The van der Waals surface area contributed by atoms with E-state index in [0.717, 1.165) is 15.3 Å². The standard InChI is InChI=1S/C20H17ClN4O3S/c21-13-4-3-7-16-18(13)22-19(29-16)24-10-8-23(9-11-24)17(26)12-25-14-5-1-2-6-15(14)28-20(25)27/h1-7H,8-12H2. The summed E-state index contributed by atoms with van der Waals surface area (Å²) in [4.78, 5) is 33.5. The molecule has 1 fully saturated rings. The van der Waals surface area contributed by atoms with E-state index in [4.69, 9.17) is 16.0 Å². The van der Waals surface area contributed by atoms with Crippen molar-refractivity contribution in [3.05, 3.63) is 58.0 Å². The third-order valence-corrected chi connectivity index (χ3v) is 6.51. The molecule has 0 N–H and O–H groups in total. The Kier molecular flexibility index (Phi) is 4.52. The molecule has 0 unspecified atom stereocenters. The molecule has 1 aliphatic heterocycles. The van der Waals surface area contributed by atoms with Crippen molar-refractivity contribution >= 4 is 55.3 Å². The second-order valence-electron chi connectivity index (χ2n) is 6.87. The Balaban J connectivity index is 1.28. The van der Waals surface area contributed by atoms with Crippen molar-refractivity contribution < 1.29 is 9.21 Å². The minimum absolute atomic E-state index is 0.0212. The number of nitrogens with zero attached hydrogens (tertiary/aromatic N) is 4. The van der Waals surface area contributed by atoms with Gasteiger partial charge in [-0.1, -0.05) is 41.1 Å². The Bertz CT molecular complexity index is 1270. The van der Waals surface area contributed by atoms with Crippen molar-refractivity contribution in [1.29, 1.82) is 0 Å². The first-order valence-corrected chi connectivity index (χ1v) is 10.5. The number of halogens is 1. The van der Waals surface area contributed by atoms with Crippen LogP contribution in [-0.2, 0) is 11.3 Å². The number of carbonyl (C=O) groups excluding carboxylic acids is 1. The van der Waals surface area contributed by atoms with Crippen molar-refractivity contribution in [1.82, 2.24) is 14.5 Å². The molecule has 1 amide bonds. The maximum absolute atomic E-state index is 12.8. The van der Waals surface area contributed by atoms with Crippen LogP contribution in [0.15, 0.2) is 51.7 Å². The first-order chi connectivity index (χ1) is 14.1. The van der Waals surface area contributed by atoms with E-state index in [2.05, 4.69) is 9.88 Å². The lowest BCUT2D eigenvalue weighted by Gasteiger charge is -2.34. The Morgan fingerprint density at radius 1 is 1.10 bits per heavy atom. The van der Waals surface area contributed by atoms with E-state index in [-0.39, 0.29) is 12.5 Å². The lowest BCUT2D eigenvalue weighted by atomic mass is 10.3. The quantitative estimate of drug-likeness (QED) is 0.501. The zero-order valence-electron chi connectivity index (χ0n) is 15.4. The van der Waals surface area contributed by atoms with Gasteiger partial charge in [0.1, 0.15) is 12.1 Å². The van der Waals surface area contributed by atoms with Gasteiger partial charge in [-0.05, 0) is 24.3 Å². The van der Waals surface area contributed by atoms with Gasteiger partial charge in [-0.3, -0.25) is 9.36 Å². The minimum Gasteiger partial charge on any atom is -0.408 e. The van der Waals surface area contributed by atoms with Gasteiger partial charge in [0.25, 0.3) is 0 Å². The fourth-order valence-electron chi connectivity index (χ4n) is 3.58. The summed E-state index contributed by atoms with van der Waals surface area (Å²) in [6.07, 6.45) is 0. The molecule has 0 atom stereocenters. The van der Waals surface area contributed by atoms with Gasteiger partial charge in [0.15, 0.2) is 10.7 Å². The van der Waals surface area contributed by atoms with Crippen molar-refractivity contribution in [2.75, 3.05) is 31.1 Å². The van der Waals surface area contributed by atoms with E-state index < -0.39 is 5.76 Å². The third-order valence-electron chi connectivity index (χ3n) is 5.13. The number of fused-ring (bicyclic) bond motifs is 2. The van der Waals surface area contributed by atoms with Crippen molar-refractivity contribution in [3.63, 3.8) is 0 Å². The Morgan fingerprint density at radius 2 is 1.90 bits per heavy atom. The van der Waals surface area contributed by atoms with Gasteiger partial charge in [0.2, 0.25) is 5.91 Å². The number of aromatic nitrogens is 2. The third kappa shape index (κ3) is 3.28. The van der Waals surface area contributed by atoms with Gasteiger partial charge in [-0.25, -0.2) is 9.78 Å². The number of anilines is 1. The Labute approximate surface area is 174 Å². The lowest BCUT2D eigenvalue weighted by Crippen LogP contribution is -2.50. The molecule has 148 valence electrons.